The second-order valence-corrected chi connectivity index (χ2v) is 3.97. The molecule has 1 unspecified atom stereocenters. The summed E-state index contributed by atoms with van der Waals surface area (Å²) in [7, 11) is 1.70. The lowest BCUT2D eigenvalue weighted by atomic mass is 10.2. The molecule has 1 aromatic heterocycles. The van der Waals surface area contributed by atoms with Gasteiger partial charge in [0.05, 0.1) is 6.10 Å². The molecular weight excluding hydrogens is 224 g/mol. The number of nitrogens with one attached hydrogen (secondary N) is 1. The zero-order chi connectivity index (χ0) is 13.0. The molecule has 0 aliphatic carbocycles. The number of aromatic nitrogens is 2. The Morgan fingerprint density at radius 3 is 2.82 bits per heavy atom. The van der Waals surface area contributed by atoms with Gasteiger partial charge in [-0.3, -0.25) is 4.57 Å². The fourth-order valence-corrected chi connectivity index (χ4v) is 1.57. The van der Waals surface area contributed by atoms with E-state index in [0.29, 0.717) is 18.1 Å². The summed E-state index contributed by atoms with van der Waals surface area (Å²) in [5.74, 6) is 0.695. The van der Waals surface area contributed by atoms with E-state index in [2.05, 4.69) is 10.3 Å². The molecule has 1 heterocycles. The van der Waals surface area contributed by atoms with Crippen LogP contribution in [0.25, 0.3) is 0 Å². The molecule has 2 N–H and O–H groups in total. The van der Waals surface area contributed by atoms with Gasteiger partial charge < -0.3 is 20.5 Å². The summed E-state index contributed by atoms with van der Waals surface area (Å²) in [5, 5.41) is 23.2. The Morgan fingerprint density at radius 2 is 2.29 bits per heavy atom. The van der Waals surface area contributed by atoms with E-state index in [1.807, 2.05) is 6.92 Å². The zero-order valence-corrected chi connectivity index (χ0v) is 10.3. The van der Waals surface area contributed by atoms with Crippen molar-refractivity contribution in [2.45, 2.75) is 32.8 Å². The molecule has 1 rings (SSSR count). The predicted molar refractivity (Wildman–Crippen MR) is 64.0 cm³/mol. The minimum atomic E-state index is -0.526. The summed E-state index contributed by atoms with van der Waals surface area (Å²) in [6.07, 6.45) is 1.03. The first-order valence-corrected chi connectivity index (χ1v) is 5.57. The number of nitrogens with zero attached hydrogens (tertiary/aromatic N) is 3. The maximum Gasteiger partial charge on any atom is 0.406 e. The molecule has 1 atom stereocenters. The number of imidazole rings is 1. The van der Waals surface area contributed by atoms with Gasteiger partial charge in [0.2, 0.25) is 11.6 Å². The average Bonchev–Trinajstić information content (AvgIpc) is 2.54. The Morgan fingerprint density at radius 1 is 1.65 bits per heavy atom. The number of hydrogen-bond donors (Lipinski definition) is 2. The molecule has 0 aliphatic heterocycles. The van der Waals surface area contributed by atoms with Crippen LogP contribution < -0.4 is 5.32 Å². The summed E-state index contributed by atoms with van der Waals surface area (Å²) in [4.78, 5) is 14.1. The maximum atomic E-state index is 10.8. The van der Waals surface area contributed by atoms with Gasteiger partial charge >= 0.3 is 5.82 Å². The molecule has 0 fully saturated rings. The Bertz CT molecular complexity index is 403. The van der Waals surface area contributed by atoms with E-state index in [4.69, 9.17) is 0 Å². The van der Waals surface area contributed by atoms with Gasteiger partial charge in [0.25, 0.3) is 0 Å². The predicted octanol–water partition coefficient (Wildman–Crippen LogP) is 1.21. The van der Waals surface area contributed by atoms with Crippen molar-refractivity contribution >= 4 is 11.6 Å². The van der Waals surface area contributed by atoms with E-state index in [0.717, 1.165) is 6.42 Å². The number of aliphatic hydroxyl groups is 1. The lowest BCUT2D eigenvalue weighted by Crippen LogP contribution is -2.20. The molecule has 0 saturated heterocycles. The number of aliphatic hydroxyl groups excluding tert-OH is 1. The van der Waals surface area contributed by atoms with Gasteiger partial charge in [-0.1, -0.05) is 13.3 Å². The van der Waals surface area contributed by atoms with E-state index in [1.165, 1.54) is 0 Å². The summed E-state index contributed by atoms with van der Waals surface area (Å²) in [6.45, 7) is 3.95. The number of aryl methyl sites for hydroxylation is 1. The quantitative estimate of drug-likeness (QED) is 0.577. The van der Waals surface area contributed by atoms with Gasteiger partial charge in [-0.15, -0.1) is 0 Å². The third-order valence-electron chi connectivity index (χ3n) is 2.60. The van der Waals surface area contributed by atoms with Crippen molar-refractivity contribution in [1.82, 2.24) is 9.55 Å². The standard InChI is InChI=1S/C10H18N4O3/c1-4-5-8(15)6-11-9-10(14(16)17)12-7(2)13(9)3/h8,11,15H,4-6H2,1-3H3. The molecule has 0 spiro atoms. The third-order valence-corrected chi connectivity index (χ3v) is 2.60. The van der Waals surface area contributed by atoms with Crippen molar-refractivity contribution in [3.05, 3.63) is 15.9 Å². The van der Waals surface area contributed by atoms with Gasteiger partial charge in [-0.2, -0.15) is 0 Å². The molecule has 0 aromatic carbocycles. The van der Waals surface area contributed by atoms with E-state index in [1.54, 1.807) is 18.5 Å². The Kier molecular flexibility index (Phi) is 4.45. The van der Waals surface area contributed by atoms with Crippen molar-refractivity contribution in [1.29, 1.82) is 0 Å². The molecule has 17 heavy (non-hydrogen) atoms. The second kappa shape index (κ2) is 5.62. The van der Waals surface area contributed by atoms with Crippen LogP contribution in [0.15, 0.2) is 0 Å². The Balaban J connectivity index is 2.79. The lowest BCUT2D eigenvalue weighted by Gasteiger charge is -2.11. The topological polar surface area (TPSA) is 93.2 Å². The molecule has 7 heteroatoms. The average molecular weight is 242 g/mol. The fourth-order valence-electron chi connectivity index (χ4n) is 1.57. The SMILES string of the molecule is CCCC(O)CNc1c([N+](=O)[O-])nc(C)n1C. The van der Waals surface area contributed by atoms with Crippen LogP contribution in [0, 0.1) is 17.0 Å². The van der Waals surface area contributed by atoms with Crippen LogP contribution in [0.5, 0.6) is 0 Å². The van der Waals surface area contributed by atoms with Crippen molar-refractivity contribution in [2.24, 2.45) is 7.05 Å². The first kappa shape index (κ1) is 13.4. The molecule has 7 nitrogen and oxygen atoms in total. The number of anilines is 1. The van der Waals surface area contributed by atoms with Crippen LogP contribution in [-0.2, 0) is 7.05 Å². The highest BCUT2D eigenvalue weighted by atomic mass is 16.6. The minimum absolute atomic E-state index is 0.200. The van der Waals surface area contributed by atoms with Crippen LogP contribution in [-0.4, -0.2) is 32.2 Å². The summed E-state index contributed by atoms with van der Waals surface area (Å²) in [6, 6.07) is 0. The van der Waals surface area contributed by atoms with Crippen molar-refractivity contribution in [3.63, 3.8) is 0 Å². The fraction of sp³-hybridized carbons (Fsp3) is 0.700. The molecule has 0 aliphatic rings. The number of rotatable bonds is 6. The first-order chi connectivity index (χ1) is 7.97. The van der Waals surface area contributed by atoms with Crippen molar-refractivity contribution < 1.29 is 10.0 Å². The van der Waals surface area contributed by atoms with Crippen molar-refractivity contribution in [3.8, 4) is 0 Å². The van der Waals surface area contributed by atoms with Gasteiger partial charge in [0, 0.05) is 20.5 Å². The summed E-state index contributed by atoms with van der Waals surface area (Å²) < 4.78 is 1.61. The summed E-state index contributed by atoms with van der Waals surface area (Å²) in [5.41, 5.74) is 0. The highest BCUT2D eigenvalue weighted by Crippen LogP contribution is 2.23. The largest absolute Gasteiger partial charge is 0.406 e. The van der Waals surface area contributed by atoms with Gasteiger partial charge in [0.1, 0.15) is 0 Å². The smallest absolute Gasteiger partial charge is 0.391 e. The van der Waals surface area contributed by atoms with E-state index in [-0.39, 0.29) is 12.4 Å². The molecule has 0 amide bonds. The van der Waals surface area contributed by atoms with Gasteiger partial charge in [0.15, 0.2) is 0 Å². The Labute approximate surface area is 99.6 Å². The van der Waals surface area contributed by atoms with Crippen LogP contribution in [0.3, 0.4) is 0 Å². The molecule has 0 saturated carbocycles. The highest BCUT2D eigenvalue weighted by Gasteiger charge is 2.23. The van der Waals surface area contributed by atoms with E-state index < -0.39 is 11.0 Å². The van der Waals surface area contributed by atoms with E-state index in [9.17, 15) is 15.2 Å². The molecule has 0 bridgehead atoms. The first-order valence-electron chi connectivity index (χ1n) is 5.57. The third kappa shape index (κ3) is 3.16. The van der Waals surface area contributed by atoms with E-state index >= 15 is 0 Å². The molecule has 0 radical (unpaired) electrons. The normalized spacial score (nSPS) is 12.5. The van der Waals surface area contributed by atoms with Crippen LogP contribution >= 0.6 is 0 Å². The molecule has 1 aromatic rings. The van der Waals surface area contributed by atoms with Crippen LogP contribution in [0.4, 0.5) is 11.6 Å². The van der Waals surface area contributed by atoms with Crippen LogP contribution in [0.1, 0.15) is 25.6 Å². The van der Waals surface area contributed by atoms with Crippen LogP contribution in [0.2, 0.25) is 0 Å². The van der Waals surface area contributed by atoms with Crippen molar-refractivity contribution in [2.75, 3.05) is 11.9 Å². The summed E-state index contributed by atoms with van der Waals surface area (Å²) >= 11 is 0. The monoisotopic (exact) mass is 242 g/mol. The lowest BCUT2D eigenvalue weighted by molar-refractivity contribution is -0.388. The zero-order valence-electron chi connectivity index (χ0n) is 10.3. The van der Waals surface area contributed by atoms with Gasteiger partial charge in [-0.25, -0.2) is 0 Å². The maximum absolute atomic E-state index is 10.8. The number of nitro groups is 1. The molecular formula is C10H18N4O3. The second-order valence-electron chi connectivity index (χ2n) is 3.97. The van der Waals surface area contributed by atoms with Gasteiger partial charge in [-0.05, 0) is 16.3 Å². The Hall–Kier alpha value is -1.63. The number of hydrogen-bond acceptors (Lipinski definition) is 5. The minimum Gasteiger partial charge on any atom is -0.391 e. The highest BCUT2D eigenvalue weighted by molar-refractivity contribution is 5.53. The molecule has 96 valence electrons.